The molecule has 4 nitrogen and oxygen atoms in total. The molecule has 1 N–H and O–H groups in total. The van der Waals surface area contributed by atoms with Crippen LogP contribution in [0.3, 0.4) is 0 Å². The summed E-state index contributed by atoms with van der Waals surface area (Å²) < 4.78 is 1.41. The molecule has 1 aliphatic rings. The number of nitrogens with zero attached hydrogens (tertiary/aromatic N) is 1. The van der Waals surface area contributed by atoms with Crippen LogP contribution in [-0.4, -0.2) is 24.9 Å². The highest BCUT2D eigenvalue weighted by molar-refractivity contribution is 5.79. The molecule has 0 unspecified atom stereocenters. The highest BCUT2D eigenvalue weighted by Crippen LogP contribution is 2.25. The lowest BCUT2D eigenvalue weighted by molar-refractivity contribution is 0.167. The number of hydrogen-bond acceptors (Lipinski definition) is 3. The Kier molecular flexibility index (Phi) is 3.25. The number of hydrogen-bond donors (Lipinski definition) is 1. The molecule has 0 radical (unpaired) electrons. The van der Waals surface area contributed by atoms with E-state index in [-0.39, 0.29) is 5.56 Å². The molecule has 0 saturated carbocycles. The van der Waals surface area contributed by atoms with Crippen LogP contribution >= 0.6 is 0 Å². The highest BCUT2D eigenvalue weighted by Gasteiger charge is 2.20. The highest BCUT2D eigenvalue weighted by atomic mass is 16.6. The number of pyridine rings is 1. The fraction of sp³-hybridized carbons (Fsp3) is 0.400. The first kappa shape index (κ1) is 12.2. The third-order valence-corrected chi connectivity index (χ3v) is 3.86. The van der Waals surface area contributed by atoms with E-state index in [0.717, 1.165) is 42.4 Å². The lowest BCUT2D eigenvalue weighted by atomic mass is 9.90. The van der Waals surface area contributed by atoms with Crippen LogP contribution in [0.15, 0.2) is 35.1 Å². The Morgan fingerprint density at radius 3 is 2.74 bits per heavy atom. The SMILES string of the molecule is COn1c(=O)c(C2CCNCC2)cc2ccccc21. The molecule has 0 bridgehead atoms. The summed E-state index contributed by atoms with van der Waals surface area (Å²) in [7, 11) is 1.54. The van der Waals surface area contributed by atoms with E-state index >= 15 is 0 Å². The standard InChI is InChI=1S/C15H18N2O2/c1-19-17-14-5-3-2-4-12(14)10-13(15(17)18)11-6-8-16-9-7-11/h2-5,10-11,16H,6-9H2,1H3. The van der Waals surface area contributed by atoms with Crippen molar-refractivity contribution in [2.75, 3.05) is 20.2 Å². The van der Waals surface area contributed by atoms with E-state index in [1.54, 1.807) is 7.11 Å². The number of aromatic nitrogens is 1. The van der Waals surface area contributed by atoms with E-state index in [0.29, 0.717) is 5.92 Å². The lowest BCUT2D eigenvalue weighted by Gasteiger charge is -2.23. The second kappa shape index (κ2) is 5.05. The molecule has 2 heterocycles. The third-order valence-electron chi connectivity index (χ3n) is 3.86. The van der Waals surface area contributed by atoms with Gasteiger partial charge in [0.1, 0.15) is 7.11 Å². The molecular formula is C15H18N2O2. The third kappa shape index (κ3) is 2.12. The molecule has 0 aliphatic carbocycles. The molecule has 1 saturated heterocycles. The van der Waals surface area contributed by atoms with Crippen molar-refractivity contribution in [1.82, 2.24) is 10.0 Å². The van der Waals surface area contributed by atoms with Crippen molar-refractivity contribution in [2.24, 2.45) is 0 Å². The summed E-state index contributed by atoms with van der Waals surface area (Å²) in [5.41, 5.74) is 1.68. The van der Waals surface area contributed by atoms with Gasteiger partial charge in [0, 0.05) is 10.9 Å². The summed E-state index contributed by atoms with van der Waals surface area (Å²) in [5, 5.41) is 4.38. The van der Waals surface area contributed by atoms with Gasteiger partial charge in [-0.2, -0.15) is 0 Å². The minimum absolute atomic E-state index is 0.0203. The van der Waals surface area contributed by atoms with Crippen LogP contribution in [0.4, 0.5) is 0 Å². The number of benzene rings is 1. The summed E-state index contributed by atoms with van der Waals surface area (Å²) in [6.07, 6.45) is 2.02. The Bertz CT molecular complexity index is 642. The van der Waals surface area contributed by atoms with E-state index in [1.807, 2.05) is 30.3 Å². The second-order valence-corrected chi connectivity index (χ2v) is 4.96. The number of fused-ring (bicyclic) bond motifs is 1. The summed E-state index contributed by atoms with van der Waals surface area (Å²) in [4.78, 5) is 17.8. The smallest absolute Gasteiger partial charge is 0.287 e. The molecule has 0 amide bonds. The van der Waals surface area contributed by atoms with Gasteiger partial charge in [0.05, 0.1) is 5.52 Å². The largest absolute Gasteiger partial charge is 0.413 e. The van der Waals surface area contributed by atoms with Gasteiger partial charge in [-0.25, -0.2) is 0 Å². The molecule has 19 heavy (non-hydrogen) atoms. The van der Waals surface area contributed by atoms with E-state index in [1.165, 1.54) is 4.73 Å². The number of piperidine rings is 1. The van der Waals surface area contributed by atoms with Crippen molar-refractivity contribution < 1.29 is 4.84 Å². The van der Waals surface area contributed by atoms with Crippen molar-refractivity contribution in [3.05, 3.63) is 46.2 Å². The van der Waals surface area contributed by atoms with E-state index < -0.39 is 0 Å². The predicted molar refractivity (Wildman–Crippen MR) is 75.6 cm³/mol. The van der Waals surface area contributed by atoms with Gasteiger partial charge in [0.15, 0.2) is 0 Å². The van der Waals surface area contributed by atoms with E-state index in [2.05, 4.69) is 5.32 Å². The summed E-state index contributed by atoms with van der Waals surface area (Å²) >= 11 is 0. The van der Waals surface area contributed by atoms with Crippen LogP contribution in [0.25, 0.3) is 10.9 Å². The van der Waals surface area contributed by atoms with Crippen molar-refractivity contribution in [1.29, 1.82) is 0 Å². The number of rotatable bonds is 2. The minimum atomic E-state index is -0.0203. The van der Waals surface area contributed by atoms with E-state index in [9.17, 15) is 4.79 Å². The topological polar surface area (TPSA) is 43.3 Å². The number of nitrogens with one attached hydrogen (secondary N) is 1. The normalized spacial score (nSPS) is 16.7. The Labute approximate surface area is 112 Å². The Morgan fingerprint density at radius 2 is 2.00 bits per heavy atom. The molecular weight excluding hydrogens is 240 g/mol. The van der Waals surface area contributed by atoms with Crippen LogP contribution < -0.4 is 15.7 Å². The van der Waals surface area contributed by atoms with Crippen molar-refractivity contribution >= 4 is 10.9 Å². The summed E-state index contributed by atoms with van der Waals surface area (Å²) in [6.45, 7) is 1.95. The Morgan fingerprint density at radius 1 is 1.26 bits per heavy atom. The first-order valence-electron chi connectivity index (χ1n) is 6.71. The second-order valence-electron chi connectivity index (χ2n) is 4.96. The lowest BCUT2D eigenvalue weighted by Crippen LogP contribution is -2.33. The molecule has 4 heteroatoms. The van der Waals surface area contributed by atoms with Crippen LogP contribution in [0, 0.1) is 0 Å². The molecule has 1 fully saturated rings. The maximum atomic E-state index is 12.5. The minimum Gasteiger partial charge on any atom is -0.413 e. The monoisotopic (exact) mass is 258 g/mol. The average Bonchev–Trinajstić information content (AvgIpc) is 2.47. The van der Waals surface area contributed by atoms with Crippen molar-refractivity contribution in [2.45, 2.75) is 18.8 Å². The van der Waals surface area contributed by atoms with Crippen molar-refractivity contribution in [3.63, 3.8) is 0 Å². The zero-order chi connectivity index (χ0) is 13.2. The van der Waals surface area contributed by atoms with Crippen LogP contribution in [0.5, 0.6) is 0 Å². The fourth-order valence-electron chi connectivity index (χ4n) is 2.86. The van der Waals surface area contributed by atoms with Gasteiger partial charge < -0.3 is 10.2 Å². The van der Waals surface area contributed by atoms with Gasteiger partial charge in [0.25, 0.3) is 5.56 Å². The Hall–Kier alpha value is -1.81. The molecule has 1 aromatic carbocycles. The van der Waals surface area contributed by atoms with Crippen molar-refractivity contribution in [3.8, 4) is 0 Å². The molecule has 1 aromatic heterocycles. The predicted octanol–water partition coefficient (Wildman–Crippen LogP) is 1.53. The fourth-order valence-corrected chi connectivity index (χ4v) is 2.86. The van der Waals surface area contributed by atoms with Crippen LogP contribution in [0.2, 0.25) is 0 Å². The molecule has 100 valence electrons. The zero-order valence-electron chi connectivity index (χ0n) is 11.1. The first-order chi connectivity index (χ1) is 9.31. The molecule has 3 rings (SSSR count). The molecule has 1 aliphatic heterocycles. The quantitative estimate of drug-likeness (QED) is 0.888. The van der Waals surface area contributed by atoms with Gasteiger partial charge in [0.2, 0.25) is 0 Å². The first-order valence-corrected chi connectivity index (χ1v) is 6.71. The Balaban J connectivity index is 2.19. The van der Waals surface area contributed by atoms with Gasteiger partial charge >= 0.3 is 0 Å². The summed E-state index contributed by atoms with van der Waals surface area (Å²) in [5.74, 6) is 0.333. The van der Waals surface area contributed by atoms with Gasteiger partial charge in [-0.3, -0.25) is 4.79 Å². The van der Waals surface area contributed by atoms with E-state index in [4.69, 9.17) is 4.84 Å². The average molecular weight is 258 g/mol. The molecule has 2 aromatic rings. The summed E-state index contributed by atoms with van der Waals surface area (Å²) in [6, 6.07) is 9.87. The maximum absolute atomic E-state index is 12.5. The maximum Gasteiger partial charge on any atom is 0.287 e. The zero-order valence-corrected chi connectivity index (χ0v) is 11.1. The van der Waals surface area contributed by atoms with Gasteiger partial charge in [-0.15, -0.1) is 4.73 Å². The van der Waals surface area contributed by atoms with Crippen LogP contribution in [-0.2, 0) is 0 Å². The molecule has 0 atom stereocenters. The number of para-hydroxylation sites is 1. The van der Waals surface area contributed by atoms with Crippen LogP contribution in [0.1, 0.15) is 24.3 Å². The van der Waals surface area contributed by atoms with Gasteiger partial charge in [-0.1, -0.05) is 18.2 Å². The molecule has 0 spiro atoms. The van der Waals surface area contributed by atoms with Gasteiger partial charge in [-0.05, 0) is 44.0 Å².